The summed E-state index contributed by atoms with van der Waals surface area (Å²) in [7, 11) is 1.64. The van der Waals surface area contributed by atoms with Crippen molar-refractivity contribution < 1.29 is 4.74 Å². The molecule has 0 amide bonds. The third kappa shape index (κ3) is 2.96. The van der Waals surface area contributed by atoms with Gasteiger partial charge in [0.2, 0.25) is 0 Å². The molecule has 1 N–H and O–H groups in total. The average molecular weight is 232 g/mol. The Labute approximate surface area is 100 Å². The van der Waals surface area contributed by atoms with E-state index in [-0.39, 0.29) is 0 Å². The topological polar surface area (TPSA) is 52.0 Å². The first-order chi connectivity index (χ1) is 8.29. The van der Waals surface area contributed by atoms with Gasteiger partial charge in [0, 0.05) is 24.6 Å². The maximum absolute atomic E-state index is 5.24. The second-order valence-electron chi connectivity index (χ2n) is 3.72. The number of aryl methyl sites for hydroxylation is 1. The van der Waals surface area contributed by atoms with E-state index in [0.29, 0.717) is 0 Å². The van der Waals surface area contributed by atoms with Crippen molar-refractivity contribution in [1.29, 1.82) is 0 Å². The fraction of sp³-hybridized carbons (Fsp3) is 0.333. The molecule has 0 bridgehead atoms. The van der Waals surface area contributed by atoms with Gasteiger partial charge in [0.05, 0.1) is 25.5 Å². The predicted octanol–water partition coefficient (Wildman–Crippen LogP) is 1.71. The molecule has 0 aliphatic heterocycles. The smallest absolute Gasteiger partial charge is 0.160 e. The standard InChI is InChI=1S/C12H16N4O/c1-10-8-11(12(17-2)9-14-10)13-5-7-16-6-3-4-15-16/h3-4,6,8-9H,5,7H2,1-2H3,(H,13,14). The maximum atomic E-state index is 5.24. The van der Waals surface area contributed by atoms with Crippen LogP contribution in [0.15, 0.2) is 30.7 Å². The highest BCUT2D eigenvalue weighted by Crippen LogP contribution is 2.22. The zero-order valence-electron chi connectivity index (χ0n) is 10.1. The summed E-state index contributed by atoms with van der Waals surface area (Å²) in [5, 5.41) is 7.46. The number of nitrogens with zero attached hydrogens (tertiary/aromatic N) is 3. The van der Waals surface area contributed by atoms with Gasteiger partial charge in [-0.25, -0.2) is 0 Å². The van der Waals surface area contributed by atoms with E-state index in [1.165, 1.54) is 0 Å². The Morgan fingerprint density at radius 2 is 2.35 bits per heavy atom. The highest BCUT2D eigenvalue weighted by molar-refractivity contribution is 5.55. The molecule has 2 aromatic heterocycles. The van der Waals surface area contributed by atoms with E-state index in [4.69, 9.17) is 4.74 Å². The molecule has 0 fully saturated rings. The van der Waals surface area contributed by atoms with Gasteiger partial charge < -0.3 is 10.1 Å². The van der Waals surface area contributed by atoms with E-state index in [1.54, 1.807) is 19.5 Å². The summed E-state index contributed by atoms with van der Waals surface area (Å²) in [6.45, 7) is 3.57. The molecule has 2 heterocycles. The fourth-order valence-electron chi connectivity index (χ4n) is 1.59. The Hall–Kier alpha value is -2.04. The van der Waals surface area contributed by atoms with Crippen molar-refractivity contribution in [2.45, 2.75) is 13.5 Å². The molecule has 0 radical (unpaired) electrons. The highest BCUT2D eigenvalue weighted by atomic mass is 16.5. The third-order valence-corrected chi connectivity index (χ3v) is 2.44. The van der Waals surface area contributed by atoms with Gasteiger partial charge in [-0.3, -0.25) is 9.67 Å². The number of hydrogen-bond donors (Lipinski definition) is 1. The molecular formula is C12H16N4O. The number of hydrogen-bond acceptors (Lipinski definition) is 4. The Morgan fingerprint density at radius 3 is 3.06 bits per heavy atom. The summed E-state index contributed by atoms with van der Waals surface area (Å²) in [6.07, 6.45) is 5.44. The maximum Gasteiger partial charge on any atom is 0.160 e. The molecule has 2 rings (SSSR count). The van der Waals surface area contributed by atoms with Gasteiger partial charge >= 0.3 is 0 Å². The first-order valence-electron chi connectivity index (χ1n) is 5.51. The zero-order chi connectivity index (χ0) is 12.1. The van der Waals surface area contributed by atoms with Crippen LogP contribution in [0, 0.1) is 6.92 Å². The second-order valence-corrected chi connectivity index (χ2v) is 3.72. The summed E-state index contributed by atoms with van der Waals surface area (Å²) < 4.78 is 7.12. The fourth-order valence-corrected chi connectivity index (χ4v) is 1.59. The lowest BCUT2D eigenvalue weighted by molar-refractivity contribution is 0.414. The normalized spacial score (nSPS) is 10.2. The second kappa shape index (κ2) is 5.34. The Bertz CT molecular complexity index is 467. The summed E-state index contributed by atoms with van der Waals surface area (Å²) in [5.41, 5.74) is 1.93. The molecule has 0 aliphatic rings. The van der Waals surface area contributed by atoms with Crippen molar-refractivity contribution in [2.75, 3.05) is 19.0 Å². The third-order valence-electron chi connectivity index (χ3n) is 2.44. The van der Waals surface area contributed by atoms with Crippen molar-refractivity contribution in [3.8, 4) is 5.75 Å². The summed E-state index contributed by atoms with van der Waals surface area (Å²) >= 11 is 0. The van der Waals surface area contributed by atoms with Crippen LogP contribution in [0.25, 0.3) is 0 Å². The van der Waals surface area contributed by atoms with E-state index in [9.17, 15) is 0 Å². The molecule has 0 aromatic carbocycles. The number of methoxy groups -OCH3 is 1. The Balaban J connectivity index is 1.96. The van der Waals surface area contributed by atoms with Gasteiger partial charge in [0.25, 0.3) is 0 Å². The van der Waals surface area contributed by atoms with Gasteiger partial charge in [-0.1, -0.05) is 0 Å². The number of aromatic nitrogens is 3. The van der Waals surface area contributed by atoms with Gasteiger partial charge in [-0.05, 0) is 19.1 Å². The highest BCUT2D eigenvalue weighted by Gasteiger charge is 2.03. The first-order valence-corrected chi connectivity index (χ1v) is 5.51. The van der Waals surface area contributed by atoms with Crippen molar-refractivity contribution in [3.63, 3.8) is 0 Å². The molecule has 0 saturated carbocycles. The minimum Gasteiger partial charge on any atom is -0.493 e. The van der Waals surface area contributed by atoms with E-state index in [0.717, 1.165) is 30.2 Å². The van der Waals surface area contributed by atoms with Crippen molar-refractivity contribution >= 4 is 5.69 Å². The minimum atomic E-state index is 0.760. The van der Waals surface area contributed by atoms with Gasteiger partial charge in [-0.15, -0.1) is 0 Å². The van der Waals surface area contributed by atoms with Crippen LogP contribution in [0.1, 0.15) is 5.69 Å². The monoisotopic (exact) mass is 232 g/mol. The lowest BCUT2D eigenvalue weighted by atomic mass is 10.3. The molecule has 17 heavy (non-hydrogen) atoms. The lowest BCUT2D eigenvalue weighted by Crippen LogP contribution is -2.11. The first kappa shape index (κ1) is 11.4. The quantitative estimate of drug-likeness (QED) is 0.852. The number of pyridine rings is 1. The van der Waals surface area contributed by atoms with Gasteiger partial charge in [0.1, 0.15) is 0 Å². The van der Waals surface area contributed by atoms with Crippen molar-refractivity contribution in [3.05, 3.63) is 36.4 Å². The van der Waals surface area contributed by atoms with Crippen molar-refractivity contribution in [2.24, 2.45) is 0 Å². The molecule has 0 unspecified atom stereocenters. The van der Waals surface area contributed by atoms with Crippen LogP contribution in [0.3, 0.4) is 0 Å². The van der Waals surface area contributed by atoms with Crippen LogP contribution in [0.5, 0.6) is 5.75 Å². The van der Waals surface area contributed by atoms with E-state index in [2.05, 4.69) is 15.4 Å². The van der Waals surface area contributed by atoms with Crippen LogP contribution in [0.4, 0.5) is 5.69 Å². The molecule has 5 heteroatoms. The minimum absolute atomic E-state index is 0.760. The zero-order valence-corrected chi connectivity index (χ0v) is 10.1. The summed E-state index contributed by atoms with van der Waals surface area (Å²) in [4.78, 5) is 4.19. The molecular weight excluding hydrogens is 216 g/mol. The SMILES string of the molecule is COc1cnc(C)cc1NCCn1cccn1. The molecule has 0 saturated heterocycles. The van der Waals surface area contributed by atoms with Gasteiger partial charge in [-0.2, -0.15) is 5.10 Å². The van der Waals surface area contributed by atoms with Gasteiger partial charge in [0.15, 0.2) is 5.75 Å². The number of ether oxygens (including phenoxy) is 1. The van der Waals surface area contributed by atoms with Crippen molar-refractivity contribution in [1.82, 2.24) is 14.8 Å². The molecule has 2 aromatic rings. The van der Waals surface area contributed by atoms with E-state index >= 15 is 0 Å². The van der Waals surface area contributed by atoms with Crippen LogP contribution in [-0.2, 0) is 6.54 Å². The molecule has 0 aliphatic carbocycles. The molecule has 5 nitrogen and oxygen atoms in total. The summed E-state index contributed by atoms with van der Waals surface area (Å²) in [6, 6.07) is 3.89. The Morgan fingerprint density at radius 1 is 1.47 bits per heavy atom. The molecule has 0 spiro atoms. The van der Waals surface area contributed by atoms with E-state index < -0.39 is 0 Å². The lowest BCUT2D eigenvalue weighted by Gasteiger charge is -2.11. The largest absolute Gasteiger partial charge is 0.493 e. The van der Waals surface area contributed by atoms with Crippen LogP contribution < -0.4 is 10.1 Å². The predicted molar refractivity (Wildman–Crippen MR) is 66.2 cm³/mol. The molecule has 90 valence electrons. The number of rotatable bonds is 5. The average Bonchev–Trinajstić information content (AvgIpc) is 2.82. The van der Waals surface area contributed by atoms with Crippen LogP contribution in [0.2, 0.25) is 0 Å². The van der Waals surface area contributed by atoms with Crippen LogP contribution in [-0.4, -0.2) is 28.4 Å². The summed E-state index contributed by atoms with van der Waals surface area (Å²) in [5.74, 6) is 0.760. The Kier molecular flexibility index (Phi) is 3.59. The van der Waals surface area contributed by atoms with E-state index in [1.807, 2.05) is 29.9 Å². The number of anilines is 1. The molecule has 0 atom stereocenters. The van der Waals surface area contributed by atoms with Crippen LogP contribution >= 0.6 is 0 Å². The number of nitrogens with one attached hydrogen (secondary N) is 1.